The number of thiophene rings is 1. The van der Waals surface area contributed by atoms with Crippen LogP contribution >= 0.6 is 22.7 Å². The van der Waals surface area contributed by atoms with Crippen LogP contribution in [-0.4, -0.2) is 30.6 Å². The average molecular weight is 427 g/mol. The zero-order chi connectivity index (χ0) is 20.4. The van der Waals surface area contributed by atoms with Crippen LogP contribution in [0.5, 0.6) is 5.75 Å². The van der Waals surface area contributed by atoms with E-state index in [-0.39, 0.29) is 6.61 Å². The number of benzene rings is 2. The number of nitrogens with one attached hydrogen (secondary N) is 1. The highest BCUT2D eigenvalue weighted by molar-refractivity contribution is 7.21. The third kappa shape index (κ3) is 3.94. The number of aromatic nitrogens is 1. The Morgan fingerprint density at radius 2 is 2.00 bits per heavy atom. The van der Waals surface area contributed by atoms with Gasteiger partial charge in [0.05, 0.1) is 27.0 Å². The molecule has 0 fully saturated rings. The molecule has 8 heteroatoms. The smallest absolute Gasteiger partial charge is 0.333 e. The number of hydrogen-bond acceptors (Lipinski definition) is 7. The van der Waals surface area contributed by atoms with Crippen LogP contribution in [0.2, 0.25) is 0 Å². The van der Waals surface area contributed by atoms with Gasteiger partial charge in [-0.05, 0) is 23.9 Å². The third-order valence-electron chi connectivity index (χ3n) is 4.40. The molecule has 0 spiro atoms. The average Bonchev–Trinajstić information content (AvgIpc) is 3.36. The first-order chi connectivity index (χ1) is 14.1. The second kappa shape index (κ2) is 8.18. The number of thiazole rings is 1. The van der Waals surface area contributed by atoms with Crippen LogP contribution in [0.4, 0.5) is 0 Å². The van der Waals surface area contributed by atoms with E-state index in [4.69, 9.17) is 9.47 Å². The van der Waals surface area contributed by atoms with Crippen molar-refractivity contribution >= 4 is 54.9 Å². The predicted octanol–water partition coefficient (Wildman–Crippen LogP) is 4.23. The molecule has 2 aromatic heterocycles. The lowest BCUT2D eigenvalue weighted by atomic mass is 10.1. The highest BCUT2D eigenvalue weighted by atomic mass is 32.1. The second-order valence-corrected chi connectivity index (χ2v) is 8.49. The minimum absolute atomic E-state index is 0.214. The predicted molar refractivity (Wildman–Crippen MR) is 115 cm³/mol. The van der Waals surface area contributed by atoms with E-state index in [2.05, 4.69) is 10.3 Å². The summed E-state index contributed by atoms with van der Waals surface area (Å²) in [5, 5.41) is 6.58. The Bertz CT molecular complexity index is 1180. The summed E-state index contributed by atoms with van der Waals surface area (Å²) >= 11 is 3.18. The second-order valence-electron chi connectivity index (χ2n) is 6.34. The van der Waals surface area contributed by atoms with E-state index >= 15 is 0 Å². The number of hydrogen-bond donors (Lipinski definition) is 1. The number of nitrogens with zero attached hydrogens (tertiary/aromatic N) is 1. The molecule has 0 aliphatic carbocycles. The molecule has 1 atom stereocenters. The van der Waals surface area contributed by atoms with E-state index in [1.165, 1.54) is 7.11 Å². The van der Waals surface area contributed by atoms with E-state index in [0.29, 0.717) is 11.3 Å². The molecule has 0 bridgehead atoms. The molecule has 0 saturated carbocycles. The zero-order valence-electron chi connectivity index (χ0n) is 15.8. The molecule has 29 heavy (non-hydrogen) atoms. The molecule has 2 aromatic carbocycles. The fraction of sp³-hybridized carbons (Fsp3) is 0.190. The van der Waals surface area contributed by atoms with E-state index in [1.807, 2.05) is 30.5 Å². The van der Waals surface area contributed by atoms with Gasteiger partial charge in [-0.2, -0.15) is 0 Å². The topological polar surface area (TPSA) is 77.5 Å². The molecule has 0 radical (unpaired) electrons. The van der Waals surface area contributed by atoms with Gasteiger partial charge < -0.3 is 14.8 Å². The van der Waals surface area contributed by atoms with Crippen molar-refractivity contribution in [3.63, 3.8) is 0 Å². The Kier molecular flexibility index (Phi) is 5.46. The van der Waals surface area contributed by atoms with E-state index < -0.39 is 17.9 Å². The van der Waals surface area contributed by atoms with Gasteiger partial charge in [-0.15, -0.1) is 22.7 Å². The molecule has 0 aliphatic rings. The number of rotatable bonds is 6. The summed E-state index contributed by atoms with van der Waals surface area (Å²) in [5.74, 6) is -0.318. The van der Waals surface area contributed by atoms with Gasteiger partial charge in [0.2, 0.25) is 0 Å². The Morgan fingerprint density at radius 1 is 1.21 bits per heavy atom. The number of methoxy groups -OCH3 is 1. The number of esters is 1. The van der Waals surface area contributed by atoms with Crippen molar-refractivity contribution in [1.29, 1.82) is 0 Å². The van der Waals surface area contributed by atoms with Crippen LogP contribution in [0.25, 0.3) is 20.3 Å². The number of aryl methyl sites for hydroxylation is 1. The van der Waals surface area contributed by atoms with Gasteiger partial charge in [0.25, 0.3) is 5.91 Å². The third-order valence-corrected chi connectivity index (χ3v) is 6.24. The van der Waals surface area contributed by atoms with E-state index in [1.54, 1.807) is 46.9 Å². The van der Waals surface area contributed by atoms with E-state index in [0.717, 1.165) is 25.3 Å². The SMILES string of the molecule is COC(=O)C(NC(=O)COc1cc2sc(C)nc2c2sccc12)c1ccccc1. The first kappa shape index (κ1) is 19.4. The quantitative estimate of drug-likeness (QED) is 0.467. The minimum atomic E-state index is -0.884. The largest absolute Gasteiger partial charge is 0.483 e. The summed E-state index contributed by atoms with van der Waals surface area (Å²) < 4.78 is 12.7. The van der Waals surface area contributed by atoms with E-state index in [9.17, 15) is 9.59 Å². The van der Waals surface area contributed by atoms with Crippen LogP contribution in [0.1, 0.15) is 16.6 Å². The fourth-order valence-electron chi connectivity index (χ4n) is 3.09. The summed E-state index contributed by atoms with van der Waals surface area (Å²) in [6, 6.07) is 12.0. The van der Waals surface area contributed by atoms with Crippen molar-refractivity contribution in [3.05, 3.63) is 58.4 Å². The molecular formula is C21H18N2O4S2. The molecule has 6 nitrogen and oxygen atoms in total. The Labute approximate surface area is 175 Å². The number of amides is 1. The number of ether oxygens (including phenoxy) is 2. The summed E-state index contributed by atoms with van der Waals surface area (Å²) in [5.41, 5.74) is 1.61. The maximum Gasteiger partial charge on any atom is 0.333 e. The summed E-state index contributed by atoms with van der Waals surface area (Å²) in [6.07, 6.45) is 0. The van der Waals surface area contributed by atoms with Crippen molar-refractivity contribution in [2.45, 2.75) is 13.0 Å². The normalized spacial score (nSPS) is 12.1. The monoisotopic (exact) mass is 426 g/mol. The highest BCUT2D eigenvalue weighted by Gasteiger charge is 2.23. The van der Waals surface area contributed by atoms with Gasteiger partial charge in [0.15, 0.2) is 12.6 Å². The minimum Gasteiger partial charge on any atom is -0.483 e. The van der Waals surface area contributed by atoms with Crippen molar-refractivity contribution in [3.8, 4) is 5.75 Å². The van der Waals surface area contributed by atoms with Crippen molar-refractivity contribution in [2.75, 3.05) is 13.7 Å². The number of fused-ring (bicyclic) bond motifs is 3. The molecule has 1 N–H and O–H groups in total. The molecule has 4 rings (SSSR count). The first-order valence-corrected chi connectivity index (χ1v) is 10.6. The summed E-state index contributed by atoms with van der Waals surface area (Å²) in [4.78, 5) is 29.2. The summed E-state index contributed by atoms with van der Waals surface area (Å²) in [7, 11) is 1.29. The molecule has 0 aliphatic heterocycles. The molecular weight excluding hydrogens is 408 g/mol. The fourth-order valence-corrected chi connectivity index (χ4v) is 4.93. The van der Waals surface area contributed by atoms with Crippen LogP contribution in [0.3, 0.4) is 0 Å². The summed E-state index contributed by atoms with van der Waals surface area (Å²) in [6.45, 7) is 1.75. The van der Waals surface area contributed by atoms with Crippen molar-refractivity contribution < 1.29 is 19.1 Å². The van der Waals surface area contributed by atoms with Crippen molar-refractivity contribution in [1.82, 2.24) is 10.3 Å². The van der Waals surface area contributed by atoms with Crippen molar-refractivity contribution in [2.24, 2.45) is 0 Å². The van der Waals surface area contributed by atoms with Crippen LogP contribution in [0.15, 0.2) is 47.8 Å². The van der Waals surface area contributed by atoms with Gasteiger partial charge >= 0.3 is 5.97 Å². The molecule has 148 valence electrons. The van der Waals surface area contributed by atoms with Gasteiger partial charge in [-0.3, -0.25) is 4.79 Å². The van der Waals surface area contributed by atoms with Crippen LogP contribution < -0.4 is 10.1 Å². The van der Waals surface area contributed by atoms with Gasteiger partial charge in [0, 0.05) is 11.5 Å². The van der Waals surface area contributed by atoms with Gasteiger partial charge in [0.1, 0.15) is 5.75 Å². The van der Waals surface area contributed by atoms with Crippen LogP contribution in [0, 0.1) is 6.92 Å². The molecule has 1 unspecified atom stereocenters. The van der Waals surface area contributed by atoms with Crippen LogP contribution in [-0.2, 0) is 14.3 Å². The van der Waals surface area contributed by atoms with Gasteiger partial charge in [-0.1, -0.05) is 30.3 Å². The highest BCUT2D eigenvalue weighted by Crippen LogP contribution is 2.38. The lowest BCUT2D eigenvalue weighted by molar-refractivity contribution is -0.145. The lowest BCUT2D eigenvalue weighted by Crippen LogP contribution is -2.37. The zero-order valence-corrected chi connectivity index (χ0v) is 17.4. The molecule has 2 heterocycles. The number of carbonyl (C=O) groups is 2. The van der Waals surface area contributed by atoms with Gasteiger partial charge in [-0.25, -0.2) is 9.78 Å². The molecule has 1 amide bonds. The Balaban J connectivity index is 1.53. The number of carbonyl (C=O) groups excluding carboxylic acids is 2. The first-order valence-electron chi connectivity index (χ1n) is 8.89. The maximum absolute atomic E-state index is 12.5. The molecule has 0 saturated heterocycles. The molecule has 4 aromatic rings. The Morgan fingerprint density at radius 3 is 2.76 bits per heavy atom. The Hall–Kier alpha value is -2.97. The standard InChI is InChI=1S/C21H18N2O4S2/c1-12-22-19-16(29-12)10-15(14-8-9-28-20(14)19)27-11-17(24)23-18(21(25)26-2)13-6-4-3-5-7-13/h3-10,18H,11H2,1-2H3,(H,23,24). The lowest BCUT2D eigenvalue weighted by Gasteiger charge is -2.17. The maximum atomic E-state index is 12.5.